The van der Waals surface area contributed by atoms with Gasteiger partial charge in [0, 0.05) is 22.3 Å². The monoisotopic (exact) mass is 321 g/mol. The van der Waals surface area contributed by atoms with Gasteiger partial charge in [0.25, 0.3) is 0 Å². The third kappa shape index (κ3) is 3.67. The molecule has 0 aliphatic heterocycles. The van der Waals surface area contributed by atoms with Crippen molar-refractivity contribution in [3.8, 4) is 0 Å². The van der Waals surface area contributed by atoms with Crippen LogP contribution in [0.15, 0.2) is 34.9 Å². The van der Waals surface area contributed by atoms with Gasteiger partial charge in [-0.1, -0.05) is 41.1 Å². The molecule has 2 aromatic rings. The van der Waals surface area contributed by atoms with Crippen molar-refractivity contribution < 1.29 is 0 Å². The Labute approximate surface area is 123 Å². The summed E-state index contributed by atoms with van der Waals surface area (Å²) in [7, 11) is 0. The van der Waals surface area contributed by atoms with Crippen LogP contribution in [0.2, 0.25) is 0 Å². The molecule has 0 radical (unpaired) electrons. The summed E-state index contributed by atoms with van der Waals surface area (Å²) in [4.78, 5) is 0. The summed E-state index contributed by atoms with van der Waals surface area (Å²) in [5.74, 6) is 0. The van der Waals surface area contributed by atoms with Gasteiger partial charge in [0.15, 0.2) is 0 Å². The number of benzene rings is 1. The molecule has 0 saturated heterocycles. The van der Waals surface area contributed by atoms with E-state index in [1.807, 2.05) is 12.3 Å². The van der Waals surface area contributed by atoms with Gasteiger partial charge in [-0.3, -0.25) is 4.68 Å². The first-order chi connectivity index (χ1) is 9.22. The lowest BCUT2D eigenvalue weighted by atomic mass is 10.2. The molecule has 19 heavy (non-hydrogen) atoms. The molecule has 1 heterocycles. The number of rotatable bonds is 6. The van der Waals surface area contributed by atoms with Crippen molar-refractivity contribution in [1.82, 2.24) is 15.1 Å². The van der Waals surface area contributed by atoms with E-state index in [9.17, 15) is 0 Å². The fourth-order valence-electron chi connectivity index (χ4n) is 2.01. The van der Waals surface area contributed by atoms with E-state index in [4.69, 9.17) is 0 Å². The minimum Gasteiger partial charge on any atom is -0.313 e. The summed E-state index contributed by atoms with van der Waals surface area (Å²) in [5.41, 5.74) is 3.77. The third-order valence-corrected chi connectivity index (χ3v) is 4.00. The summed E-state index contributed by atoms with van der Waals surface area (Å²) in [5, 5.41) is 7.90. The lowest BCUT2D eigenvalue weighted by molar-refractivity contribution is 0.650. The zero-order chi connectivity index (χ0) is 13.7. The maximum atomic E-state index is 4.49. The van der Waals surface area contributed by atoms with Gasteiger partial charge < -0.3 is 5.32 Å². The van der Waals surface area contributed by atoms with Gasteiger partial charge in [0.2, 0.25) is 0 Å². The third-order valence-electron chi connectivity index (χ3n) is 3.23. The van der Waals surface area contributed by atoms with Gasteiger partial charge in [-0.05, 0) is 31.5 Å². The molecule has 0 aliphatic carbocycles. The molecule has 102 valence electrons. The zero-order valence-corrected chi connectivity index (χ0v) is 13.1. The maximum Gasteiger partial charge on any atom is 0.0673 e. The van der Waals surface area contributed by atoms with Crippen LogP contribution in [0, 0.1) is 6.92 Å². The van der Waals surface area contributed by atoms with Crippen LogP contribution >= 0.6 is 15.9 Å². The summed E-state index contributed by atoms with van der Waals surface area (Å²) < 4.78 is 3.19. The van der Waals surface area contributed by atoms with Crippen LogP contribution < -0.4 is 5.32 Å². The van der Waals surface area contributed by atoms with Crippen molar-refractivity contribution in [1.29, 1.82) is 0 Å². The lowest BCUT2D eigenvalue weighted by Crippen LogP contribution is -2.14. The van der Waals surface area contributed by atoms with Crippen molar-refractivity contribution in [3.63, 3.8) is 0 Å². The summed E-state index contributed by atoms with van der Waals surface area (Å²) in [6.07, 6.45) is 3.12. The fraction of sp³-hybridized carbons (Fsp3) is 0.400. The topological polar surface area (TPSA) is 29.9 Å². The molecule has 0 unspecified atom stereocenters. The average molecular weight is 322 g/mol. The van der Waals surface area contributed by atoms with E-state index in [1.165, 1.54) is 16.8 Å². The van der Waals surface area contributed by atoms with Crippen molar-refractivity contribution in [2.24, 2.45) is 0 Å². The van der Waals surface area contributed by atoms with Gasteiger partial charge in [-0.15, -0.1) is 0 Å². The predicted molar refractivity (Wildman–Crippen MR) is 82.2 cm³/mol. The largest absolute Gasteiger partial charge is 0.313 e. The highest BCUT2D eigenvalue weighted by atomic mass is 79.9. The highest BCUT2D eigenvalue weighted by molar-refractivity contribution is 9.10. The Bertz CT molecular complexity index is 534. The van der Waals surface area contributed by atoms with Gasteiger partial charge in [0.05, 0.1) is 12.7 Å². The SMILES string of the molecule is CCCNCc1cnn(Cc2ccccc2Br)c1C. The van der Waals surface area contributed by atoms with Crippen molar-refractivity contribution >= 4 is 15.9 Å². The van der Waals surface area contributed by atoms with Gasteiger partial charge in [0.1, 0.15) is 0 Å². The first-order valence-corrected chi connectivity index (χ1v) is 7.47. The highest BCUT2D eigenvalue weighted by Crippen LogP contribution is 2.18. The van der Waals surface area contributed by atoms with Crippen molar-refractivity contribution in [3.05, 3.63) is 51.8 Å². The Balaban J connectivity index is 2.07. The van der Waals surface area contributed by atoms with E-state index in [2.05, 4.69) is 63.1 Å². The number of nitrogens with one attached hydrogen (secondary N) is 1. The maximum absolute atomic E-state index is 4.49. The predicted octanol–water partition coefficient (Wildman–Crippen LogP) is 3.50. The van der Waals surface area contributed by atoms with E-state index in [1.54, 1.807) is 0 Å². The van der Waals surface area contributed by atoms with E-state index < -0.39 is 0 Å². The number of aromatic nitrogens is 2. The van der Waals surface area contributed by atoms with Crippen molar-refractivity contribution in [2.75, 3.05) is 6.54 Å². The van der Waals surface area contributed by atoms with E-state index in [0.29, 0.717) is 0 Å². The molecule has 0 amide bonds. The van der Waals surface area contributed by atoms with Crippen LogP contribution in [0.5, 0.6) is 0 Å². The molecule has 0 aliphatic rings. The number of hydrogen-bond acceptors (Lipinski definition) is 2. The van der Waals surface area contributed by atoms with E-state index in [-0.39, 0.29) is 0 Å². The van der Waals surface area contributed by atoms with Crippen LogP contribution in [0.3, 0.4) is 0 Å². The molecule has 0 spiro atoms. The number of nitrogens with zero attached hydrogens (tertiary/aromatic N) is 2. The Morgan fingerprint density at radius 3 is 2.79 bits per heavy atom. The molecule has 1 aromatic carbocycles. The van der Waals surface area contributed by atoms with Gasteiger partial charge in [-0.2, -0.15) is 5.10 Å². The first kappa shape index (κ1) is 14.3. The average Bonchev–Trinajstić information content (AvgIpc) is 2.75. The fourth-order valence-corrected chi connectivity index (χ4v) is 2.42. The van der Waals surface area contributed by atoms with Crippen LogP contribution in [0.1, 0.15) is 30.2 Å². The molecular formula is C15H20BrN3. The second-order valence-electron chi connectivity index (χ2n) is 4.68. The summed E-state index contributed by atoms with van der Waals surface area (Å²) in [6.45, 7) is 7.06. The quantitative estimate of drug-likeness (QED) is 0.825. The molecule has 2 rings (SSSR count). The normalized spacial score (nSPS) is 10.9. The molecule has 0 atom stereocenters. The standard InChI is InChI=1S/C15H20BrN3/c1-3-8-17-9-14-10-18-19(12(14)2)11-13-6-4-5-7-15(13)16/h4-7,10,17H,3,8-9,11H2,1-2H3. The minimum absolute atomic E-state index is 0.807. The smallest absolute Gasteiger partial charge is 0.0673 e. The van der Waals surface area contributed by atoms with Gasteiger partial charge >= 0.3 is 0 Å². The lowest BCUT2D eigenvalue weighted by Gasteiger charge is -2.08. The molecule has 0 fully saturated rings. The summed E-state index contributed by atoms with van der Waals surface area (Å²) >= 11 is 3.58. The second kappa shape index (κ2) is 6.87. The number of hydrogen-bond donors (Lipinski definition) is 1. The first-order valence-electron chi connectivity index (χ1n) is 6.67. The molecule has 1 N–H and O–H groups in total. The molecular weight excluding hydrogens is 302 g/mol. The van der Waals surface area contributed by atoms with Crippen LogP contribution in [-0.2, 0) is 13.1 Å². The van der Waals surface area contributed by atoms with E-state index >= 15 is 0 Å². The van der Waals surface area contributed by atoms with Crippen molar-refractivity contribution in [2.45, 2.75) is 33.4 Å². The Morgan fingerprint density at radius 1 is 1.26 bits per heavy atom. The van der Waals surface area contributed by atoms with Crippen LogP contribution in [0.25, 0.3) is 0 Å². The minimum atomic E-state index is 0.807. The Kier molecular flexibility index (Phi) is 5.16. The highest BCUT2D eigenvalue weighted by Gasteiger charge is 2.07. The molecule has 0 bridgehead atoms. The molecule has 1 aromatic heterocycles. The Hall–Kier alpha value is -1.13. The zero-order valence-electron chi connectivity index (χ0n) is 11.5. The van der Waals surface area contributed by atoms with Crippen LogP contribution in [-0.4, -0.2) is 16.3 Å². The molecule has 0 saturated carbocycles. The molecule has 3 nitrogen and oxygen atoms in total. The summed E-state index contributed by atoms with van der Waals surface area (Å²) in [6, 6.07) is 8.28. The second-order valence-corrected chi connectivity index (χ2v) is 5.54. The van der Waals surface area contributed by atoms with E-state index in [0.717, 1.165) is 30.5 Å². The molecule has 4 heteroatoms. The number of halogens is 1. The van der Waals surface area contributed by atoms with Gasteiger partial charge in [-0.25, -0.2) is 0 Å². The Morgan fingerprint density at radius 2 is 2.05 bits per heavy atom. The van der Waals surface area contributed by atoms with Crippen LogP contribution in [0.4, 0.5) is 0 Å².